The summed E-state index contributed by atoms with van der Waals surface area (Å²) in [4.78, 5) is 29.9. The maximum absolute atomic E-state index is 12.7. The van der Waals surface area contributed by atoms with Gasteiger partial charge in [0.1, 0.15) is 0 Å². The molecule has 0 spiro atoms. The molecule has 11 heteroatoms. The number of nitrogens with two attached hydrogens (primary N) is 1. The second-order valence-electron chi connectivity index (χ2n) is 7.14. The van der Waals surface area contributed by atoms with E-state index in [4.69, 9.17) is 5.73 Å². The molecule has 0 aliphatic heterocycles. The van der Waals surface area contributed by atoms with Gasteiger partial charge in [-0.05, 0) is 66.7 Å². The van der Waals surface area contributed by atoms with Crippen molar-refractivity contribution in [3.8, 4) is 0 Å². The number of aromatic nitrogens is 1. The van der Waals surface area contributed by atoms with Gasteiger partial charge in [0.05, 0.1) is 21.5 Å². The van der Waals surface area contributed by atoms with Crippen molar-refractivity contribution in [2.45, 2.75) is 11.1 Å². The molecule has 0 unspecified atom stereocenters. The lowest BCUT2D eigenvalue weighted by Gasteiger charge is -2.07. The Balaban J connectivity index is 1.38. The van der Waals surface area contributed by atoms with Gasteiger partial charge in [0.25, 0.3) is 5.91 Å². The number of rotatable bonds is 6. The van der Waals surface area contributed by atoms with Gasteiger partial charge in [0.15, 0.2) is 5.13 Å². The lowest BCUT2D eigenvalue weighted by atomic mass is 10.1. The summed E-state index contributed by atoms with van der Waals surface area (Å²) in [6.45, 7) is 0. The second-order valence-corrected chi connectivity index (χ2v) is 9.22. The standard InChI is InChI=1S/C23H17F3N4O2S2/c24-23(25,26)14-3-1-13(2-4-14)21(32)30-22-29-18-10-7-16(11-19(18)34-22)28-20(31)12-33-17-8-5-15(27)6-9-17/h1-11H,12,27H2,(H,28,31)(H,29,30,32). The van der Waals surface area contributed by atoms with Crippen molar-refractivity contribution in [3.63, 3.8) is 0 Å². The van der Waals surface area contributed by atoms with Crippen LogP contribution in [-0.2, 0) is 11.0 Å². The summed E-state index contributed by atoms with van der Waals surface area (Å²) in [5.41, 5.74) is 6.76. The SMILES string of the molecule is Nc1ccc(SCC(=O)Nc2ccc3nc(NC(=O)c4ccc(C(F)(F)F)cc4)sc3c2)cc1. The first-order valence-electron chi connectivity index (χ1n) is 9.85. The predicted molar refractivity (Wildman–Crippen MR) is 129 cm³/mol. The molecule has 34 heavy (non-hydrogen) atoms. The smallest absolute Gasteiger partial charge is 0.399 e. The average molecular weight is 503 g/mol. The largest absolute Gasteiger partial charge is 0.416 e. The fourth-order valence-electron chi connectivity index (χ4n) is 2.95. The van der Waals surface area contributed by atoms with Crippen LogP contribution in [0.2, 0.25) is 0 Å². The molecular formula is C23H17F3N4O2S2. The predicted octanol–water partition coefficient (Wildman–Crippen LogP) is 5.88. The Morgan fingerprint density at radius 1 is 0.971 bits per heavy atom. The lowest BCUT2D eigenvalue weighted by Crippen LogP contribution is -2.13. The number of nitrogens with one attached hydrogen (secondary N) is 2. The van der Waals surface area contributed by atoms with Crippen LogP contribution in [0.5, 0.6) is 0 Å². The van der Waals surface area contributed by atoms with E-state index >= 15 is 0 Å². The molecule has 6 nitrogen and oxygen atoms in total. The number of thiazole rings is 1. The van der Waals surface area contributed by atoms with Gasteiger partial charge in [-0.25, -0.2) is 4.98 Å². The van der Waals surface area contributed by atoms with Crippen molar-refractivity contribution in [1.29, 1.82) is 0 Å². The van der Waals surface area contributed by atoms with Gasteiger partial charge in [-0.15, -0.1) is 11.8 Å². The number of anilines is 3. The minimum absolute atomic E-state index is 0.0822. The van der Waals surface area contributed by atoms with Crippen LogP contribution in [0.1, 0.15) is 15.9 Å². The molecule has 1 aromatic heterocycles. The van der Waals surface area contributed by atoms with E-state index in [1.54, 1.807) is 30.3 Å². The van der Waals surface area contributed by atoms with Gasteiger partial charge in [0.2, 0.25) is 5.91 Å². The van der Waals surface area contributed by atoms with Crippen LogP contribution in [0.4, 0.5) is 29.7 Å². The Bertz CT molecular complexity index is 1340. The third kappa shape index (κ3) is 5.86. The summed E-state index contributed by atoms with van der Waals surface area (Å²) >= 11 is 2.57. The second kappa shape index (κ2) is 9.74. The molecule has 0 aliphatic carbocycles. The molecule has 0 atom stereocenters. The number of carbonyl (C=O) groups is 2. The Morgan fingerprint density at radius 3 is 2.35 bits per heavy atom. The number of fused-ring (bicyclic) bond motifs is 1. The maximum atomic E-state index is 12.7. The molecule has 0 aliphatic rings. The van der Waals surface area contributed by atoms with Crippen molar-refractivity contribution in [2.24, 2.45) is 0 Å². The number of amides is 2. The summed E-state index contributed by atoms with van der Waals surface area (Å²) in [5.74, 6) is -0.526. The monoisotopic (exact) mass is 502 g/mol. The first-order chi connectivity index (χ1) is 16.2. The molecule has 2 amide bonds. The molecule has 0 bridgehead atoms. The van der Waals surface area contributed by atoms with E-state index in [-0.39, 0.29) is 17.2 Å². The Hall–Kier alpha value is -3.57. The highest BCUT2D eigenvalue weighted by atomic mass is 32.2. The number of halogens is 3. The summed E-state index contributed by atoms with van der Waals surface area (Å²) in [6, 6.07) is 16.3. The highest BCUT2D eigenvalue weighted by Gasteiger charge is 2.30. The van der Waals surface area contributed by atoms with E-state index in [1.807, 2.05) is 12.1 Å². The topological polar surface area (TPSA) is 97.1 Å². The first-order valence-corrected chi connectivity index (χ1v) is 11.6. The fraction of sp³-hybridized carbons (Fsp3) is 0.0870. The van der Waals surface area contributed by atoms with Crippen molar-refractivity contribution in [3.05, 3.63) is 77.9 Å². The summed E-state index contributed by atoms with van der Waals surface area (Å²) in [6.07, 6.45) is -4.47. The summed E-state index contributed by atoms with van der Waals surface area (Å²) in [5, 5.41) is 5.71. The maximum Gasteiger partial charge on any atom is 0.416 e. The molecule has 174 valence electrons. The molecule has 0 fully saturated rings. The first kappa shape index (κ1) is 23.6. The van der Waals surface area contributed by atoms with Crippen LogP contribution in [-0.4, -0.2) is 22.6 Å². The van der Waals surface area contributed by atoms with E-state index in [9.17, 15) is 22.8 Å². The van der Waals surface area contributed by atoms with Gasteiger partial charge in [-0.3, -0.25) is 14.9 Å². The Kier molecular flexibility index (Phi) is 6.75. The quantitative estimate of drug-likeness (QED) is 0.226. The number of benzene rings is 3. The lowest BCUT2D eigenvalue weighted by molar-refractivity contribution is -0.137. The van der Waals surface area contributed by atoms with Gasteiger partial charge < -0.3 is 11.1 Å². The highest BCUT2D eigenvalue weighted by molar-refractivity contribution is 8.00. The number of alkyl halides is 3. The third-order valence-corrected chi connectivity index (χ3v) is 6.56. The van der Waals surface area contributed by atoms with E-state index in [0.29, 0.717) is 22.0 Å². The zero-order chi connectivity index (χ0) is 24.3. The van der Waals surface area contributed by atoms with E-state index < -0.39 is 17.6 Å². The molecule has 0 saturated carbocycles. The number of nitrogens with zero attached hydrogens (tertiary/aromatic N) is 1. The van der Waals surface area contributed by atoms with Gasteiger partial charge in [0, 0.05) is 21.8 Å². The molecule has 1 heterocycles. The molecule has 4 rings (SSSR count). The Morgan fingerprint density at radius 2 is 1.68 bits per heavy atom. The number of thioether (sulfide) groups is 1. The van der Waals surface area contributed by atoms with E-state index in [1.165, 1.54) is 23.1 Å². The van der Waals surface area contributed by atoms with Crippen LogP contribution in [0.3, 0.4) is 0 Å². The van der Waals surface area contributed by atoms with Crippen LogP contribution >= 0.6 is 23.1 Å². The average Bonchev–Trinajstić information content (AvgIpc) is 3.19. The van der Waals surface area contributed by atoms with Crippen molar-refractivity contribution in [2.75, 3.05) is 22.1 Å². The van der Waals surface area contributed by atoms with Gasteiger partial charge in [-0.1, -0.05) is 11.3 Å². The van der Waals surface area contributed by atoms with Crippen LogP contribution in [0, 0.1) is 0 Å². The van der Waals surface area contributed by atoms with Crippen LogP contribution in [0.15, 0.2) is 71.6 Å². The number of hydrogen-bond acceptors (Lipinski definition) is 6. The number of hydrogen-bond donors (Lipinski definition) is 3. The van der Waals surface area contributed by atoms with Crippen molar-refractivity contribution < 1.29 is 22.8 Å². The summed E-state index contributed by atoms with van der Waals surface area (Å²) < 4.78 is 38.8. The molecule has 4 N–H and O–H groups in total. The number of nitrogen functional groups attached to an aromatic ring is 1. The number of carbonyl (C=O) groups excluding carboxylic acids is 2. The molecule has 4 aromatic rings. The van der Waals surface area contributed by atoms with Crippen LogP contribution in [0.25, 0.3) is 10.2 Å². The van der Waals surface area contributed by atoms with Gasteiger partial charge >= 0.3 is 6.18 Å². The van der Waals surface area contributed by atoms with Crippen LogP contribution < -0.4 is 16.4 Å². The summed E-state index contributed by atoms with van der Waals surface area (Å²) in [7, 11) is 0. The Labute approximate surface area is 200 Å². The van der Waals surface area contributed by atoms with Crippen molar-refractivity contribution >= 4 is 61.6 Å². The van der Waals surface area contributed by atoms with E-state index in [0.717, 1.165) is 33.9 Å². The zero-order valence-corrected chi connectivity index (χ0v) is 19.0. The molecule has 0 radical (unpaired) electrons. The minimum atomic E-state index is -4.47. The molecule has 3 aromatic carbocycles. The van der Waals surface area contributed by atoms with E-state index in [2.05, 4.69) is 15.6 Å². The minimum Gasteiger partial charge on any atom is -0.399 e. The fourth-order valence-corrected chi connectivity index (χ4v) is 4.54. The van der Waals surface area contributed by atoms with Crippen molar-refractivity contribution in [1.82, 2.24) is 4.98 Å². The molecular weight excluding hydrogens is 485 g/mol. The normalized spacial score (nSPS) is 11.4. The molecule has 0 saturated heterocycles. The van der Waals surface area contributed by atoms with Gasteiger partial charge in [-0.2, -0.15) is 13.2 Å². The third-order valence-electron chi connectivity index (χ3n) is 4.62. The zero-order valence-electron chi connectivity index (χ0n) is 17.3. The highest BCUT2D eigenvalue weighted by Crippen LogP contribution is 2.31.